The standard InChI is InChI=1S/C15H13Cl2N3O2.C14H16ClN5O5S/c1-2-7-22-13-9-12(10(16)8-11(13)17)20-15(21)19-6-4-3-5-14(19)18-20;1-9-16-12(19-14(17-9)24-2)18-13(21)20-26(22,23)11-6-4-3-5-10(11)25-8-7-15/h1,8-9H,3-7H2;3-6H,7-8H2,1-2H3,(H2,16,17,18,19,20,21). The number of carbonyl (C=O) groups is 1. The van der Waals surface area contributed by atoms with Crippen LogP contribution < -0.4 is 29.9 Å². The number of carbonyl (C=O) groups excluding carboxylic acids is 1. The molecule has 48 heavy (non-hydrogen) atoms. The van der Waals surface area contributed by atoms with E-state index in [1.807, 2.05) is 4.72 Å². The van der Waals surface area contributed by atoms with Gasteiger partial charge >= 0.3 is 17.7 Å². The Kier molecular flexibility index (Phi) is 12.5. The second-order valence-corrected chi connectivity index (χ2v) is 12.5. The fraction of sp³-hybridized carbons (Fsp3) is 0.310. The number of aryl methyl sites for hydroxylation is 2. The lowest BCUT2D eigenvalue weighted by molar-refractivity contribution is 0.256. The van der Waals surface area contributed by atoms with Gasteiger partial charge < -0.3 is 14.2 Å². The number of terminal acetylenes is 1. The Hall–Kier alpha value is -4.56. The van der Waals surface area contributed by atoms with Crippen molar-refractivity contribution in [1.82, 2.24) is 34.0 Å². The summed E-state index contributed by atoms with van der Waals surface area (Å²) in [6, 6.07) is 7.90. The first-order valence-corrected chi connectivity index (χ1v) is 16.9. The zero-order valence-electron chi connectivity index (χ0n) is 25.6. The number of nitrogens with zero attached hydrogens (tertiary/aromatic N) is 6. The van der Waals surface area contributed by atoms with Gasteiger partial charge in [-0.15, -0.1) is 23.1 Å². The maximum Gasteiger partial charge on any atom is 0.350 e. The second-order valence-electron chi connectivity index (χ2n) is 9.68. The highest BCUT2D eigenvalue weighted by Gasteiger charge is 2.23. The van der Waals surface area contributed by atoms with Crippen molar-refractivity contribution in [3.63, 3.8) is 0 Å². The highest BCUT2D eigenvalue weighted by molar-refractivity contribution is 7.90. The third-order valence-corrected chi connectivity index (χ3v) is 8.47. The van der Waals surface area contributed by atoms with Crippen LogP contribution in [0.25, 0.3) is 5.69 Å². The number of sulfonamides is 1. The van der Waals surface area contributed by atoms with Crippen molar-refractivity contribution in [2.75, 3.05) is 31.5 Å². The third kappa shape index (κ3) is 9.07. The van der Waals surface area contributed by atoms with Crippen molar-refractivity contribution >= 4 is 56.8 Å². The molecule has 4 aromatic rings. The number of amides is 2. The number of hydrogen-bond donors (Lipinski definition) is 2. The van der Waals surface area contributed by atoms with Gasteiger partial charge in [0.05, 0.1) is 28.7 Å². The van der Waals surface area contributed by atoms with Crippen molar-refractivity contribution in [2.24, 2.45) is 0 Å². The Bertz CT molecular complexity index is 2000. The SMILES string of the molecule is C#CCOc1cc(-n2nc3n(c2=O)CCCC3)c(Cl)cc1Cl.COc1nc(C)nc(NC(=O)NS(=O)(=O)c2ccccc2OCCCl)n1. The molecule has 19 heteroatoms. The summed E-state index contributed by atoms with van der Waals surface area (Å²) in [5, 5.41) is 7.25. The third-order valence-electron chi connectivity index (χ3n) is 6.35. The monoisotopic (exact) mass is 738 g/mol. The summed E-state index contributed by atoms with van der Waals surface area (Å²) in [5.74, 6) is 3.90. The maximum atomic E-state index is 12.5. The molecule has 0 saturated heterocycles. The molecular formula is C29H29Cl3N8O7S. The number of nitrogens with one attached hydrogen (secondary N) is 2. The van der Waals surface area contributed by atoms with E-state index < -0.39 is 16.1 Å². The van der Waals surface area contributed by atoms with E-state index in [2.05, 4.69) is 31.3 Å². The number of aromatic nitrogens is 6. The number of fused-ring (bicyclic) bond motifs is 1. The number of ether oxygens (including phenoxy) is 3. The molecule has 0 spiro atoms. The molecule has 3 heterocycles. The number of alkyl halides is 1. The summed E-state index contributed by atoms with van der Waals surface area (Å²) in [6.07, 6.45) is 7.97. The number of urea groups is 1. The highest BCUT2D eigenvalue weighted by Crippen LogP contribution is 2.33. The van der Waals surface area contributed by atoms with E-state index >= 15 is 0 Å². The van der Waals surface area contributed by atoms with Gasteiger partial charge in [-0.3, -0.25) is 9.88 Å². The fourth-order valence-corrected chi connectivity index (χ4v) is 5.97. The van der Waals surface area contributed by atoms with Gasteiger partial charge in [0.25, 0.3) is 10.0 Å². The average Bonchev–Trinajstić information content (AvgIpc) is 3.39. The zero-order valence-corrected chi connectivity index (χ0v) is 28.7. The Balaban J connectivity index is 0.000000219. The minimum atomic E-state index is -4.20. The van der Waals surface area contributed by atoms with Gasteiger partial charge in [-0.25, -0.2) is 22.7 Å². The first-order valence-electron chi connectivity index (χ1n) is 14.1. The van der Waals surface area contributed by atoms with Crippen LogP contribution in [0.15, 0.2) is 46.1 Å². The Morgan fingerprint density at radius 1 is 1.08 bits per heavy atom. The van der Waals surface area contributed by atoms with Crippen LogP contribution >= 0.6 is 34.8 Å². The summed E-state index contributed by atoms with van der Waals surface area (Å²) < 4.78 is 45.2. The van der Waals surface area contributed by atoms with Crippen LogP contribution in [-0.4, -0.2) is 70.0 Å². The van der Waals surface area contributed by atoms with Crippen molar-refractivity contribution in [2.45, 2.75) is 37.6 Å². The average molecular weight is 740 g/mol. The van der Waals surface area contributed by atoms with Gasteiger partial charge in [-0.2, -0.15) is 19.6 Å². The zero-order chi connectivity index (χ0) is 34.8. The first kappa shape index (κ1) is 36.3. The van der Waals surface area contributed by atoms with Gasteiger partial charge in [0.2, 0.25) is 5.95 Å². The number of benzene rings is 2. The Morgan fingerprint density at radius 2 is 1.85 bits per heavy atom. The molecular weight excluding hydrogens is 711 g/mol. The van der Waals surface area contributed by atoms with E-state index in [1.54, 1.807) is 23.6 Å². The molecule has 254 valence electrons. The quantitative estimate of drug-likeness (QED) is 0.177. The molecule has 0 unspecified atom stereocenters. The lowest BCUT2D eigenvalue weighted by atomic mass is 10.2. The summed E-state index contributed by atoms with van der Waals surface area (Å²) >= 11 is 17.8. The number of methoxy groups -OCH3 is 1. The second kappa shape index (κ2) is 16.5. The van der Waals surface area contributed by atoms with Gasteiger partial charge in [0, 0.05) is 19.0 Å². The molecule has 1 aliphatic rings. The molecule has 0 atom stereocenters. The molecule has 0 fully saturated rings. The maximum absolute atomic E-state index is 12.5. The molecule has 15 nitrogen and oxygen atoms in total. The van der Waals surface area contributed by atoms with Gasteiger partial charge in [0.1, 0.15) is 41.3 Å². The highest BCUT2D eigenvalue weighted by atomic mass is 35.5. The molecule has 0 saturated carbocycles. The number of rotatable bonds is 10. The smallest absolute Gasteiger partial charge is 0.350 e. The molecule has 0 bridgehead atoms. The number of hydrogen-bond acceptors (Lipinski definition) is 11. The molecule has 1 aliphatic heterocycles. The lowest BCUT2D eigenvalue weighted by Crippen LogP contribution is -2.35. The van der Waals surface area contributed by atoms with Crippen LogP contribution in [0.5, 0.6) is 17.5 Å². The molecule has 2 aromatic heterocycles. The van der Waals surface area contributed by atoms with E-state index in [4.69, 9.17) is 55.4 Å². The van der Waals surface area contributed by atoms with E-state index in [0.29, 0.717) is 28.0 Å². The van der Waals surface area contributed by atoms with Crippen LogP contribution in [0.2, 0.25) is 10.0 Å². The summed E-state index contributed by atoms with van der Waals surface area (Å²) in [4.78, 5) is 35.8. The summed E-state index contributed by atoms with van der Waals surface area (Å²) in [6.45, 7) is 2.44. The first-order chi connectivity index (χ1) is 23.0. The largest absolute Gasteiger partial charge is 0.491 e. The van der Waals surface area contributed by atoms with Gasteiger partial charge in [-0.05, 0) is 38.0 Å². The number of para-hydroxylation sites is 1. The fourth-order valence-electron chi connectivity index (χ4n) is 4.32. The summed E-state index contributed by atoms with van der Waals surface area (Å²) in [7, 11) is -2.85. The van der Waals surface area contributed by atoms with Crippen molar-refractivity contribution in [3.05, 3.63) is 68.6 Å². The predicted molar refractivity (Wildman–Crippen MR) is 178 cm³/mol. The Labute approximate surface area is 290 Å². The van der Waals surface area contributed by atoms with E-state index in [0.717, 1.165) is 25.1 Å². The van der Waals surface area contributed by atoms with E-state index in [-0.39, 0.29) is 53.2 Å². The predicted octanol–water partition coefficient (Wildman–Crippen LogP) is 4.01. The Morgan fingerprint density at radius 3 is 2.56 bits per heavy atom. The summed E-state index contributed by atoms with van der Waals surface area (Å²) in [5.41, 5.74) is 0.229. The molecule has 2 N–H and O–H groups in total. The number of anilines is 1. The van der Waals surface area contributed by atoms with Crippen molar-refractivity contribution in [3.8, 4) is 35.5 Å². The lowest BCUT2D eigenvalue weighted by Gasteiger charge is -2.12. The van der Waals surface area contributed by atoms with Crippen LogP contribution in [0.3, 0.4) is 0 Å². The van der Waals surface area contributed by atoms with Crippen LogP contribution in [-0.2, 0) is 23.0 Å². The van der Waals surface area contributed by atoms with Crippen molar-refractivity contribution in [1.29, 1.82) is 0 Å². The van der Waals surface area contributed by atoms with Crippen LogP contribution in [0.1, 0.15) is 24.5 Å². The van der Waals surface area contributed by atoms with Gasteiger partial charge in [-0.1, -0.05) is 41.3 Å². The minimum absolute atomic E-state index is 0.0181. The topological polar surface area (TPSA) is 181 Å². The number of halogens is 3. The minimum Gasteiger partial charge on any atom is -0.491 e. The van der Waals surface area contributed by atoms with Crippen LogP contribution in [0, 0.1) is 19.3 Å². The van der Waals surface area contributed by atoms with Crippen molar-refractivity contribution < 1.29 is 27.4 Å². The van der Waals surface area contributed by atoms with Crippen LogP contribution in [0.4, 0.5) is 10.7 Å². The molecule has 2 aromatic carbocycles. The van der Waals surface area contributed by atoms with Gasteiger partial charge in [0.15, 0.2) is 0 Å². The van der Waals surface area contributed by atoms with E-state index in [1.165, 1.54) is 36.1 Å². The molecule has 0 radical (unpaired) electrons. The molecule has 0 aliphatic carbocycles. The normalized spacial score (nSPS) is 12.1. The molecule has 2 amide bonds. The van der Waals surface area contributed by atoms with E-state index in [9.17, 15) is 18.0 Å². The molecule has 5 rings (SSSR count).